The van der Waals surface area contributed by atoms with E-state index in [1.54, 1.807) is 12.3 Å². The van der Waals surface area contributed by atoms with Gasteiger partial charge in [-0.15, -0.1) is 0 Å². The van der Waals surface area contributed by atoms with E-state index in [1.165, 1.54) is 23.1 Å². The fraction of sp³-hybridized carbons (Fsp3) is 0.385. The highest BCUT2D eigenvalue weighted by molar-refractivity contribution is 7.99. The second-order valence-electron chi connectivity index (χ2n) is 4.87. The van der Waals surface area contributed by atoms with Crippen molar-refractivity contribution in [2.24, 2.45) is 0 Å². The molecule has 0 spiro atoms. The summed E-state index contributed by atoms with van der Waals surface area (Å²) in [6.07, 6.45) is -2.13. The van der Waals surface area contributed by atoms with Crippen LogP contribution in [0.25, 0.3) is 5.82 Å². The van der Waals surface area contributed by atoms with Gasteiger partial charge in [0.1, 0.15) is 0 Å². The van der Waals surface area contributed by atoms with Crippen molar-refractivity contribution < 1.29 is 40.3 Å². The molecule has 0 saturated carbocycles. The van der Waals surface area contributed by atoms with Gasteiger partial charge in [-0.05, 0) is 6.07 Å². The van der Waals surface area contributed by atoms with Gasteiger partial charge in [0.25, 0.3) is 0 Å². The quantitative estimate of drug-likeness (QED) is 0.298. The van der Waals surface area contributed by atoms with Gasteiger partial charge in [0.15, 0.2) is 17.6 Å². The van der Waals surface area contributed by atoms with Crippen molar-refractivity contribution in [2.45, 2.75) is 23.2 Å². The van der Waals surface area contributed by atoms with Crippen LogP contribution in [0.5, 0.6) is 0 Å². The predicted molar refractivity (Wildman–Crippen MR) is 76.8 cm³/mol. The normalized spacial score (nSPS) is 12.9. The predicted octanol–water partition coefficient (Wildman–Crippen LogP) is 3.13. The number of halogens is 7. The minimum Gasteiger partial charge on any atom is -0.458 e. The third kappa shape index (κ3) is 4.87. The van der Waals surface area contributed by atoms with E-state index in [0.717, 1.165) is 0 Å². The summed E-state index contributed by atoms with van der Waals surface area (Å²) in [4.78, 5) is 19.2. The molecular weight excluding hydrogens is 409 g/mol. The molecule has 2 heterocycles. The lowest BCUT2D eigenvalue weighted by atomic mass is 10.2. The topological polar surface area (TPSA) is 69.9 Å². The summed E-state index contributed by atoms with van der Waals surface area (Å²) in [5, 5.41) is 3.91. The minimum atomic E-state index is -6.49. The number of carbonyl (C=O) groups is 1. The highest BCUT2D eigenvalue weighted by atomic mass is 32.2. The zero-order valence-corrected chi connectivity index (χ0v) is 13.8. The monoisotopic (exact) mass is 418 g/mol. The molecule has 0 radical (unpaired) electrons. The molecule has 0 unspecified atom stereocenters. The first-order valence-corrected chi connectivity index (χ1v) is 7.86. The van der Waals surface area contributed by atoms with Crippen LogP contribution in [0, 0.1) is 0 Å². The molecule has 2 aromatic heterocycles. The SMILES string of the molecule is O=C(CSc1nccc(-n2cccn2)n1)OCC(F)(F)C(F)(F)C(F)(F)F. The van der Waals surface area contributed by atoms with Gasteiger partial charge in [0.05, 0.1) is 5.75 Å². The Kier molecular flexibility index (Phi) is 5.97. The number of nitrogens with zero attached hydrogens (tertiary/aromatic N) is 4. The maximum Gasteiger partial charge on any atom is 0.460 e. The van der Waals surface area contributed by atoms with E-state index >= 15 is 0 Å². The highest BCUT2D eigenvalue weighted by Crippen LogP contribution is 2.46. The van der Waals surface area contributed by atoms with Gasteiger partial charge in [-0.3, -0.25) is 4.79 Å². The van der Waals surface area contributed by atoms with Crippen molar-refractivity contribution >= 4 is 17.7 Å². The fourth-order valence-electron chi connectivity index (χ4n) is 1.57. The van der Waals surface area contributed by atoms with Crippen LogP contribution in [0.1, 0.15) is 0 Å². The molecule has 148 valence electrons. The number of hydrogen-bond donors (Lipinski definition) is 0. The van der Waals surface area contributed by atoms with Gasteiger partial charge in [-0.25, -0.2) is 14.6 Å². The molecule has 2 aromatic rings. The second kappa shape index (κ2) is 7.70. The van der Waals surface area contributed by atoms with Gasteiger partial charge in [0, 0.05) is 24.7 Å². The van der Waals surface area contributed by atoms with E-state index < -0.39 is 36.4 Å². The summed E-state index contributed by atoms with van der Waals surface area (Å²) in [5.74, 6) is -13.7. The Labute approximate surface area is 150 Å². The molecule has 0 aliphatic rings. The van der Waals surface area contributed by atoms with Crippen molar-refractivity contribution in [1.29, 1.82) is 0 Å². The molecule has 0 N–H and O–H groups in total. The average molecular weight is 418 g/mol. The van der Waals surface area contributed by atoms with E-state index in [2.05, 4.69) is 19.8 Å². The molecule has 0 aliphatic carbocycles. The van der Waals surface area contributed by atoms with Crippen LogP contribution in [0.3, 0.4) is 0 Å². The van der Waals surface area contributed by atoms with Crippen LogP contribution in [0.2, 0.25) is 0 Å². The summed E-state index contributed by atoms with van der Waals surface area (Å²) in [5.41, 5.74) is 0. The molecule has 27 heavy (non-hydrogen) atoms. The Morgan fingerprint density at radius 1 is 1.15 bits per heavy atom. The summed E-state index contributed by atoms with van der Waals surface area (Å²) in [6.45, 7) is -2.42. The second-order valence-corrected chi connectivity index (χ2v) is 5.82. The van der Waals surface area contributed by atoms with Crippen LogP contribution in [0.15, 0.2) is 35.9 Å². The van der Waals surface area contributed by atoms with Crippen molar-refractivity contribution in [3.8, 4) is 5.82 Å². The molecule has 0 atom stereocenters. The van der Waals surface area contributed by atoms with Crippen molar-refractivity contribution in [3.05, 3.63) is 30.7 Å². The van der Waals surface area contributed by atoms with Crippen molar-refractivity contribution in [3.63, 3.8) is 0 Å². The lowest BCUT2D eigenvalue weighted by molar-refractivity contribution is -0.359. The first-order valence-electron chi connectivity index (χ1n) is 6.88. The van der Waals surface area contributed by atoms with Crippen LogP contribution in [-0.4, -0.2) is 56.1 Å². The lowest BCUT2D eigenvalue weighted by Crippen LogP contribution is -2.54. The summed E-state index contributed by atoms with van der Waals surface area (Å²) < 4.78 is 92.6. The standard InChI is InChI=1S/C13H9F7N4O2S/c14-11(15,12(16,17)13(18,19)20)7-26-9(25)6-27-10-21-4-2-8(23-10)24-5-1-3-22-24/h1-5H,6-7H2. The van der Waals surface area contributed by atoms with Crippen LogP contribution < -0.4 is 0 Å². The zero-order chi connectivity index (χ0) is 20.3. The van der Waals surface area contributed by atoms with Gasteiger partial charge in [-0.2, -0.15) is 35.8 Å². The first-order chi connectivity index (χ1) is 12.4. The first kappa shape index (κ1) is 20.9. The van der Waals surface area contributed by atoms with Crippen LogP contribution >= 0.6 is 11.8 Å². The molecule has 0 aromatic carbocycles. The van der Waals surface area contributed by atoms with Gasteiger partial charge in [-0.1, -0.05) is 11.8 Å². The Morgan fingerprint density at radius 3 is 2.44 bits per heavy atom. The van der Waals surface area contributed by atoms with E-state index in [4.69, 9.17) is 0 Å². The Morgan fingerprint density at radius 2 is 1.85 bits per heavy atom. The largest absolute Gasteiger partial charge is 0.460 e. The lowest BCUT2D eigenvalue weighted by Gasteiger charge is -2.27. The summed E-state index contributed by atoms with van der Waals surface area (Å²) in [6, 6.07) is 3.10. The Bertz CT molecular complexity index is 783. The summed E-state index contributed by atoms with van der Waals surface area (Å²) in [7, 11) is 0. The Hall–Kier alpha value is -2.38. The molecule has 14 heteroatoms. The zero-order valence-electron chi connectivity index (χ0n) is 13.0. The number of aromatic nitrogens is 4. The number of ether oxygens (including phenoxy) is 1. The Balaban J connectivity index is 1.91. The van der Waals surface area contributed by atoms with E-state index in [0.29, 0.717) is 17.6 Å². The highest BCUT2D eigenvalue weighted by Gasteiger charge is 2.73. The number of esters is 1. The molecule has 2 rings (SSSR count). The van der Waals surface area contributed by atoms with Crippen LogP contribution in [-0.2, 0) is 9.53 Å². The number of thioether (sulfide) groups is 1. The fourth-order valence-corrected chi connectivity index (χ4v) is 2.19. The van der Waals surface area contributed by atoms with E-state index in [9.17, 15) is 35.5 Å². The molecule has 0 bridgehead atoms. The van der Waals surface area contributed by atoms with E-state index in [1.807, 2.05) is 0 Å². The maximum absolute atomic E-state index is 13.0. The number of alkyl halides is 7. The third-order valence-corrected chi connectivity index (χ3v) is 3.74. The minimum absolute atomic E-state index is 0.00679. The van der Waals surface area contributed by atoms with E-state index in [-0.39, 0.29) is 5.16 Å². The van der Waals surface area contributed by atoms with Gasteiger partial charge >= 0.3 is 24.0 Å². The molecule has 6 nitrogen and oxygen atoms in total. The molecule has 0 aliphatic heterocycles. The molecule has 0 saturated heterocycles. The number of carbonyl (C=O) groups excluding carboxylic acids is 1. The molecular formula is C13H9F7N4O2S. The van der Waals surface area contributed by atoms with Gasteiger partial charge in [0.2, 0.25) is 0 Å². The summed E-state index contributed by atoms with van der Waals surface area (Å²) >= 11 is 0.611. The molecule has 0 fully saturated rings. The number of rotatable bonds is 7. The average Bonchev–Trinajstić information content (AvgIpc) is 3.12. The van der Waals surface area contributed by atoms with Crippen LogP contribution in [0.4, 0.5) is 30.7 Å². The smallest absolute Gasteiger partial charge is 0.458 e. The van der Waals surface area contributed by atoms with Crippen molar-refractivity contribution in [2.75, 3.05) is 12.4 Å². The molecule has 0 amide bonds. The van der Waals surface area contributed by atoms with Crippen molar-refractivity contribution in [1.82, 2.24) is 19.7 Å². The number of hydrogen-bond acceptors (Lipinski definition) is 6. The third-order valence-electron chi connectivity index (χ3n) is 2.91. The van der Waals surface area contributed by atoms with Gasteiger partial charge < -0.3 is 4.74 Å². The maximum atomic E-state index is 13.0.